The molecule has 0 saturated carbocycles. The van der Waals surface area contributed by atoms with E-state index in [1.165, 1.54) is 6.08 Å². The summed E-state index contributed by atoms with van der Waals surface area (Å²) in [5.74, 6) is 0.345. The number of pyridine rings is 1. The number of hydrogen-bond acceptors (Lipinski definition) is 4. The van der Waals surface area contributed by atoms with Crippen molar-refractivity contribution in [1.82, 2.24) is 15.3 Å². The quantitative estimate of drug-likeness (QED) is 0.493. The van der Waals surface area contributed by atoms with Crippen LogP contribution in [0.1, 0.15) is 5.56 Å². The Morgan fingerprint density at radius 1 is 1.36 bits per heavy atom. The molecule has 0 aliphatic heterocycles. The van der Waals surface area contributed by atoms with Crippen LogP contribution in [-0.2, 0) is 4.79 Å². The number of nitrogens with one attached hydrogen (secondary N) is 2. The van der Waals surface area contributed by atoms with Crippen LogP contribution < -0.4 is 11.1 Å². The summed E-state index contributed by atoms with van der Waals surface area (Å²) in [4.78, 5) is 19.0. The fourth-order valence-corrected chi connectivity index (χ4v) is 3.97. The molecule has 4 aromatic rings. The van der Waals surface area contributed by atoms with Crippen LogP contribution in [0.4, 0.5) is 5.82 Å². The van der Waals surface area contributed by atoms with Crippen LogP contribution in [0.5, 0.6) is 0 Å². The Morgan fingerprint density at radius 2 is 2.24 bits per heavy atom. The first-order chi connectivity index (χ1) is 12.2. The standard InChI is InChI=1S/C19H16N4OS/c1-21-16(24)5-3-13-9-23-19(20)17-14(10-25-18(13)17)11-2-4-15-12(8-11)6-7-22-15/h2-10,22H,1H3,(H2,20,23)(H,21,24). The zero-order chi connectivity index (χ0) is 17.4. The summed E-state index contributed by atoms with van der Waals surface area (Å²) in [5, 5.41) is 6.74. The number of aromatic amines is 1. The third-order valence-corrected chi connectivity index (χ3v) is 5.21. The van der Waals surface area contributed by atoms with E-state index in [9.17, 15) is 4.79 Å². The molecule has 6 heteroatoms. The SMILES string of the molecule is CNC(=O)C=Cc1cnc(N)c2c(-c3ccc4[nH]ccc4c3)csc12. The number of aromatic nitrogens is 2. The van der Waals surface area contributed by atoms with Gasteiger partial charge in [-0.3, -0.25) is 4.79 Å². The molecule has 4 N–H and O–H groups in total. The Kier molecular flexibility index (Phi) is 3.74. The number of H-pyrrole nitrogens is 1. The van der Waals surface area contributed by atoms with E-state index in [1.807, 2.05) is 12.3 Å². The minimum Gasteiger partial charge on any atom is -0.383 e. The van der Waals surface area contributed by atoms with E-state index < -0.39 is 0 Å². The number of thiophene rings is 1. The molecule has 0 radical (unpaired) electrons. The lowest BCUT2D eigenvalue weighted by Gasteiger charge is -2.04. The van der Waals surface area contributed by atoms with Crippen molar-refractivity contribution in [2.45, 2.75) is 0 Å². The fourth-order valence-electron chi connectivity index (χ4n) is 2.89. The molecular formula is C19H16N4OS. The van der Waals surface area contributed by atoms with Crippen molar-refractivity contribution >= 4 is 50.1 Å². The number of benzene rings is 1. The number of nitrogens with two attached hydrogens (primary N) is 1. The highest BCUT2D eigenvalue weighted by atomic mass is 32.1. The molecule has 0 bridgehead atoms. The molecule has 0 aliphatic carbocycles. The number of nitrogens with zero attached hydrogens (tertiary/aromatic N) is 1. The van der Waals surface area contributed by atoms with Crippen LogP contribution in [-0.4, -0.2) is 22.9 Å². The topological polar surface area (TPSA) is 83.8 Å². The van der Waals surface area contributed by atoms with Gasteiger partial charge in [0.25, 0.3) is 0 Å². The first-order valence-corrected chi connectivity index (χ1v) is 8.68. The van der Waals surface area contributed by atoms with Crippen molar-refractivity contribution in [3.8, 4) is 11.1 Å². The third-order valence-electron chi connectivity index (χ3n) is 4.18. The second kappa shape index (κ2) is 6.07. The number of nitrogen functional groups attached to an aromatic ring is 1. The molecular weight excluding hydrogens is 332 g/mol. The van der Waals surface area contributed by atoms with Gasteiger partial charge in [-0.2, -0.15) is 0 Å². The molecule has 0 spiro atoms. The number of likely N-dealkylation sites (N-methyl/N-ethyl adjacent to an activating group) is 1. The molecule has 0 unspecified atom stereocenters. The zero-order valence-electron chi connectivity index (χ0n) is 13.5. The maximum atomic E-state index is 11.5. The minimum absolute atomic E-state index is 0.153. The smallest absolute Gasteiger partial charge is 0.243 e. The van der Waals surface area contributed by atoms with Gasteiger partial charge >= 0.3 is 0 Å². The number of rotatable bonds is 3. The van der Waals surface area contributed by atoms with Gasteiger partial charge in [-0.05, 0) is 40.6 Å². The summed E-state index contributed by atoms with van der Waals surface area (Å²) >= 11 is 1.61. The van der Waals surface area contributed by atoms with Crippen LogP contribution in [0.15, 0.2) is 48.1 Å². The number of anilines is 1. The Morgan fingerprint density at radius 3 is 3.08 bits per heavy atom. The number of hydrogen-bond donors (Lipinski definition) is 3. The Labute approximate surface area is 148 Å². The van der Waals surface area contributed by atoms with E-state index in [0.29, 0.717) is 5.82 Å². The van der Waals surface area contributed by atoms with Gasteiger partial charge in [-0.1, -0.05) is 6.07 Å². The van der Waals surface area contributed by atoms with Crippen molar-refractivity contribution < 1.29 is 4.79 Å². The molecule has 3 heterocycles. The van der Waals surface area contributed by atoms with E-state index in [2.05, 4.69) is 38.9 Å². The second-order valence-corrected chi connectivity index (χ2v) is 6.56. The predicted molar refractivity (Wildman–Crippen MR) is 104 cm³/mol. The average molecular weight is 348 g/mol. The predicted octanol–water partition coefficient (Wildman–Crippen LogP) is 3.79. The molecule has 4 rings (SSSR count). The molecule has 3 aromatic heterocycles. The van der Waals surface area contributed by atoms with E-state index in [0.717, 1.165) is 37.7 Å². The summed E-state index contributed by atoms with van der Waals surface area (Å²) < 4.78 is 1.02. The Bertz CT molecular complexity index is 1120. The zero-order valence-corrected chi connectivity index (χ0v) is 14.4. The van der Waals surface area contributed by atoms with Gasteiger partial charge in [0.1, 0.15) is 5.82 Å². The molecule has 0 saturated heterocycles. The van der Waals surface area contributed by atoms with E-state index in [1.54, 1.807) is 30.7 Å². The normalized spacial score (nSPS) is 11.6. The molecule has 1 amide bonds. The highest BCUT2D eigenvalue weighted by molar-refractivity contribution is 7.18. The van der Waals surface area contributed by atoms with E-state index in [-0.39, 0.29) is 5.91 Å². The van der Waals surface area contributed by atoms with Gasteiger partial charge in [0.05, 0.1) is 0 Å². The van der Waals surface area contributed by atoms with Crippen molar-refractivity contribution in [3.63, 3.8) is 0 Å². The van der Waals surface area contributed by atoms with Crippen LogP contribution in [0.2, 0.25) is 0 Å². The van der Waals surface area contributed by atoms with Gasteiger partial charge in [0.2, 0.25) is 5.91 Å². The lowest BCUT2D eigenvalue weighted by Crippen LogP contribution is -2.13. The molecule has 5 nitrogen and oxygen atoms in total. The molecule has 0 atom stereocenters. The first-order valence-electron chi connectivity index (χ1n) is 7.80. The van der Waals surface area contributed by atoms with Crippen LogP contribution in [0.3, 0.4) is 0 Å². The fraction of sp³-hybridized carbons (Fsp3) is 0.0526. The molecule has 0 fully saturated rings. The lowest BCUT2D eigenvalue weighted by atomic mass is 10.0. The van der Waals surface area contributed by atoms with Crippen LogP contribution >= 0.6 is 11.3 Å². The van der Waals surface area contributed by atoms with Gasteiger partial charge in [0.15, 0.2) is 0 Å². The third kappa shape index (κ3) is 2.66. The summed E-state index contributed by atoms with van der Waals surface area (Å²) in [5.41, 5.74) is 10.3. The number of carbonyl (C=O) groups is 1. The highest BCUT2D eigenvalue weighted by Gasteiger charge is 2.13. The molecule has 124 valence electrons. The van der Waals surface area contributed by atoms with E-state index >= 15 is 0 Å². The van der Waals surface area contributed by atoms with Crippen LogP contribution in [0, 0.1) is 0 Å². The summed E-state index contributed by atoms with van der Waals surface area (Å²) in [7, 11) is 1.60. The molecule has 1 aromatic carbocycles. The monoisotopic (exact) mass is 348 g/mol. The van der Waals surface area contributed by atoms with Gasteiger partial charge in [-0.25, -0.2) is 4.98 Å². The summed E-state index contributed by atoms with van der Waals surface area (Å²) in [6.07, 6.45) is 6.89. The Balaban J connectivity index is 1.88. The lowest BCUT2D eigenvalue weighted by molar-refractivity contribution is -0.115. The minimum atomic E-state index is -0.153. The van der Waals surface area contributed by atoms with Gasteiger partial charge in [-0.15, -0.1) is 11.3 Å². The largest absolute Gasteiger partial charge is 0.383 e. The average Bonchev–Trinajstić information content (AvgIpc) is 3.27. The maximum absolute atomic E-state index is 11.5. The molecule has 25 heavy (non-hydrogen) atoms. The van der Waals surface area contributed by atoms with Crippen molar-refractivity contribution in [2.75, 3.05) is 12.8 Å². The maximum Gasteiger partial charge on any atom is 0.243 e. The first kappa shape index (κ1) is 15.4. The van der Waals surface area contributed by atoms with Gasteiger partial charge in [0, 0.05) is 52.2 Å². The summed E-state index contributed by atoms with van der Waals surface area (Å²) in [6, 6.07) is 8.33. The van der Waals surface area contributed by atoms with Crippen molar-refractivity contribution in [3.05, 3.63) is 53.7 Å². The number of carbonyl (C=O) groups excluding carboxylic acids is 1. The molecule has 0 aliphatic rings. The second-order valence-electron chi connectivity index (χ2n) is 5.68. The Hall–Kier alpha value is -3.12. The highest BCUT2D eigenvalue weighted by Crippen LogP contribution is 2.39. The van der Waals surface area contributed by atoms with Crippen molar-refractivity contribution in [1.29, 1.82) is 0 Å². The number of fused-ring (bicyclic) bond motifs is 2. The van der Waals surface area contributed by atoms with Crippen LogP contribution in [0.25, 0.3) is 38.2 Å². The van der Waals surface area contributed by atoms with E-state index in [4.69, 9.17) is 5.73 Å². The van der Waals surface area contributed by atoms with Crippen molar-refractivity contribution in [2.24, 2.45) is 0 Å². The number of amides is 1. The summed E-state index contributed by atoms with van der Waals surface area (Å²) in [6.45, 7) is 0. The van der Waals surface area contributed by atoms with Gasteiger partial charge < -0.3 is 16.0 Å².